The van der Waals surface area contributed by atoms with Crippen LogP contribution >= 0.6 is 0 Å². The number of aryl methyl sites for hydroxylation is 2. The van der Waals surface area contributed by atoms with Crippen LogP contribution in [0.4, 0.5) is 5.69 Å². The molecule has 1 aromatic heterocycles. The number of amides is 2. The first kappa shape index (κ1) is 22.7. The van der Waals surface area contributed by atoms with Gasteiger partial charge in [-0.1, -0.05) is 18.2 Å². The lowest BCUT2D eigenvalue weighted by Gasteiger charge is -2.30. The summed E-state index contributed by atoms with van der Waals surface area (Å²) >= 11 is 0. The summed E-state index contributed by atoms with van der Waals surface area (Å²) in [6.45, 7) is 6.10. The van der Waals surface area contributed by atoms with Gasteiger partial charge in [-0.15, -0.1) is 6.58 Å². The maximum atomic E-state index is 12.8. The number of hydrogen-bond acceptors (Lipinski definition) is 5. The molecule has 166 valence electrons. The molecular weight excluding hydrogens is 418 g/mol. The molecule has 0 saturated carbocycles. The van der Waals surface area contributed by atoms with Crippen LogP contribution in [0, 0.1) is 12.8 Å². The van der Waals surface area contributed by atoms with Crippen LogP contribution in [0.2, 0.25) is 0 Å². The Bertz CT molecular complexity index is 1070. The summed E-state index contributed by atoms with van der Waals surface area (Å²) in [5.74, 6) is -0.262. The Balaban J connectivity index is 1.64. The number of carbonyl (C=O) groups excluding carboxylic acids is 2. The Labute approximate surface area is 182 Å². The van der Waals surface area contributed by atoms with Crippen LogP contribution in [0.5, 0.6) is 0 Å². The highest BCUT2D eigenvalue weighted by molar-refractivity contribution is 7.89. The number of sulfonamides is 1. The minimum absolute atomic E-state index is 0.0230. The first-order chi connectivity index (χ1) is 14.7. The van der Waals surface area contributed by atoms with E-state index >= 15 is 0 Å². The summed E-state index contributed by atoms with van der Waals surface area (Å²) in [4.78, 5) is 29.2. The van der Waals surface area contributed by atoms with Crippen LogP contribution in [0.3, 0.4) is 0 Å². The maximum Gasteiger partial charge on any atom is 0.262 e. The lowest BCUT2D eigenvalue weighted by molar-refractivity contribution is -0.120. The molecule has 3 rings (SSSR count). The van der Waals surface area contributed by atoms with Gasteiger partial charge >= 0.3 is 0 Å². The maximum absolute atomic E-state index is 12.8. The minimum atomic E-state index is -3.69. The van der Waals surface area contributed by atoms with Crippen LogP contribution in [-0.2, 0) is 21.9 Å². The average Bonchev–Trinajstić information content (AvgIpc) is 3.11. The number of benzene rings is 1. The van der Waals surface area contributed by atoms with Crippen molar-refractivity contribution in [2.24, 2.45) is 13.0 Å². The fraction of sp³-hybridized carbons (Fsp3) is 0.381. The Morgan fingerprint density at radius 2 is 1.94 bits per heavy atom. The number of imidazole rings is 1. The zero-order valence-corrected chi connectivity index (χ0v) is 18.5. The molecule has 0 aliphatic carbocycles. The third kappa shape index (κ3) is 5.02. The van der Waals surface area contributed by atoms with Gasteiger partial charge in [-0.2, -0.15) is 4.31 Å². The molecule has 0 radical (unpaired) electrons. The summed E-state index contributed by atoms with van der Waals surface area (Å²) in [6, 6.07) is 6.77. The SMILES string of the molecule is C=CCNC(=O)c1ccccc1NC(=O)C1CCN(S(=O)(=O)c2cn(C)c(C)n2)CC1. The number of nitrogens with one attached hydrogen (secondary N) is 2. The van der Waals surface area contributed by atoms with Gasteiger partial charge < -0.3 is 15.2 Å². The first-order valence-electron chi connectivity index (χ1n) is 10.0. The highest BCUT2D eigenvalue weighted by atomic mass is 32.2. The van der Waals surface area contributed by atoms with Crippen molar-refractivity contribution in [2.45, 2.75) is 24.8 Å². The second-order valence-corrected chi connectivity index (χ2v) is 9.33. The van der Waals surface area contributed by atoms with E-state index in [1.807, 2.05) is 0 Å². The van der Waals surface area contributed by atoms with Gasteiger partial charge in [0.1, 0.15) is 5.82 Å². The van der Waals surface area contributed by atoms with E-state index in [4.69, 9.17) is 0 Å². The highest BCUT2D eigenvalue weighted by Gasteiger charge is 2.33. The number of nitrogens with zero attached hydrogens (tertiary/aromatic N) is 3. The minimum Gasteiger partial charge on any atom is -0.349 e. The molecule has 0 bridgehead atoms. The van der Waals surface area contributed by atoms with Crippen molar-refractivity contribution in [3.8, 4) is 0 Å². The summed E-state index contributed by atoms with van der Waals surface area (Å²) in [5.41, 5.74) is 0.788. The molecule has 10 heteroatoms. The van der Waals surface area contributed by atoms with Crippen LogP contribution in [0.1, 0.15) is 29.0 Å². The molecule has 1 aliphatic rings. The quantitative estimate of drug-likeness (QED) is 0.630. The Morgan fingerprint density at radius 3 is 2.55 bits per heavy atom. The Kier molecular flexibility index (Phi) is 6.91. The molecule has 0 atom stereocenters. The zero-order valence-electron chi connectivity index (χ0n) is 17.7. The van der Waals surface area contributed by atoms with Crippen LogP contribution in [0.15, 0.2) is 48.1 Å². The standard InChI is InChI=1S/C21H27N5O4S/c1-4-11-22-21(28)17-7-5-6-8-18(17)24-20(27)16-9-12-26(13-10-16)31(29,30)19-14-25(3)15(2)23-19/h4-8,14,16H,1,9-13H2,2-3H3,(H,22,28)(H,24,27). The second-order valence-electron chi connectivity index (χ2n) is 7.45. The van der Waals surface area contributed by atoms with E-state index < -0.39 is 10.0 Å². The van der Waals surface area contributed by atoms with Gasteiger partial charge in [-0.3, -0.25) is 9.59 Å². The van der Waals surface area contributed by atoms with Gasteiger partial charge in [0.05, 0.1) is 11.3 Å². The number of piperidine rings is 1. The normalized spacial score (nSPS) is 15.4. The van der Waals surface area contributed by atoms with Crippen LogP contribution in [0.25, 0.3) is 0 Å². The van der Waals surface area contributed by atoms with E-state index in [1.54, 1.807) is 48.9 Å². The number of rotatable bonds is 7. The predicted molar refractivity (Wildman–Crippen MR) is 117 cm³/mol. The fourth-order valence-electron chi connectivity index (χ4n) is 3.43. The molecule has 2 amide bonds. The second kappa shape index (κ2) is 9.44. The largest absolute Gasteiger partial charge is 0.349 e. The molecule has 0 spiro atoms. The molecule has 2 aromatic rings. The summed E-state index contributed by atoms with van der Waals surface area (Å²) in [7, 11) is -1.95. The molecule has 0 unspecified atom stereocenters. The lowest BCUT2D eigenvalue weighted by Crippen LogP contribution is -2.41. The van der Waals surface area contributed by atoms with E-state index in [1.165, 1.54) is 10.5 Å². The topological polar surface area (TPSA) is 113 Å². The molecule has 9 nitrogen and oxygen atoms in total. The summed E-state index contributed by atoms with van der Waals surface area (Å²) in [6.07, 6.45) is 3.86. The van der Waals surface area contributed by atoms with Gasteiger partial charge in [0, 0.05) is 38.8 Å². The third-order valence-corrected chi connectivity index (χ3v) is 7.12. The van der Waals surface area contributed by atoms with Gasteiger partial charge in [0.25, 0.3) is 15.9 Å². The van der Waals surface area contributed by atoms with Crippen LogP contribution in [-0.4, -0.2) is 53.7 Å². The Hall–Kier alpha value is -2.98. The molecule has 1 aromatic carbocycles. The summed E-state index contributed by atoms with van der Waals surface area (Å²) in [5, 5.41) is 5.54. The number of carbonyl (C=O) groups is 2. The molecular formula is C21H27N5O4S. The molecule has 31 heavy (non-hydrogen) atoms. The van der Waals surface area contributed by atoms with Crippen LogP contribution < -0.4 is 10.6 Å². The number of para-hydroxylation sites is 1. The number of hydrogen-bond donors (Lipinski definition) is 2. The fourth-order valence-corrected chi connectivity index (χ4v) is 4.92. The number of anilines is 1. The monoisotopic (exact) mass is 445 g/mol. The van der Waals surface area contributed by atoms with E-state index in [0.717, 1.165) is 0 Å². The van der Waals surface area contributed by atoms with E-state index in [0.29, 0.717) is 36.5 Å². The van der Waals surface area contributed by atoms with Crippen molar-refractivity contribution in [2.75, 3.05) is 25.0 Å². The van der Waals surface area contributed by atoms with Gasteiger partial charge in [0.2, 0.25) is 5.91 Å². The summed E-state index contributed by atoms with van der Waals surface area (Å²) < 4.78 is 28.7. The Morgan fingerprint density at radius 1 is 1.26 bits per heavy atom. The van der Waals surface area contributed by atoms with Crippen molar-refractivity contribution in [3.63, 3.8) is 0 Å². The lowest BCUT2D eigenvalue weighted by atomic mass is 9.97. The number of aromatic nitrogens is 2. The zero-order chi connectivity index (χ0) is 22.6. The smallest absolute Gasteiger partial charge is 0.262 e. The van der Waals surface area contributed by atoms with E-state index in [2.05, 4.69) is 22.2 Å². The van der Waals surface area contributed by atoms with Crippen molar-refractivity contribution in [3.05, 3.63) is 54.5 Å². The average molecular weight is 446 g/mol. The molecule has 1 fully saturated rings. The van der Waals surface area contributed by atoms with E-state index in [9.17, 15) is 18.0 Å². The van der Waals surface area contributed by atoms with E-state index in [-0.39, 0.29) is 35.8 Å². The van der Waals surface area contributed by atoms with Gasteiger partial charge in [0.15, 0.2) is 5.03 Å². The highest BCUT2D eigenvalue weighted by Crippen LogP contribution is 2.25. The predicted octanol–water partition coefficient (Wildman–Crippen LogP) is 1.68. The van der Waals surface area contributed by atoms with Crippen molar-refractivity contribution >= 4 is 27.5 Å². The first-order valence-corrected chi connectivity index (χ1v) is 11.5. The molecule has 1 aliphatic heterocycles. The van der Waals surface area contributed by atoms with Gasteiger partial charge in [-0.05, 0) is 31.9 Å². The molecule has 2 N–H and O–H groups in total. The van der Waals surface area contributed by atoms with Crippen molar-refractivity contribution in [1.29, 1.82) is 0 Å². The van der Waals surface area contributed by atoms with Crippen molar-refractivity contribution in [1.82, 2.24) is 19.2 Å². The van der Waals surface area contributed by atoms with Gasteiger partial charge in [-0.25, -0.2) is 13.4 Å². The third-order valence-electron chi connectivity index (χ3n) is 5.35. The molecule has 1 saturated heterocycles. The van der Waals surface area contributed by atoms with Crippen molar-refractivity contribution < 1.29 is 18.0 Å². The molecule has 2 heterocycles.